The number of rotatable bonds is 4. The second-order valence-corrected chi connectivity index (χ2v) is 9.45. The van der Waals surface area contributed by atoms with Crippen molar-refractivity contribution in [2.24, 2.45) is 5.92 Å². The topological polar surface area (TPSA) is 72.3 Å². The summed E-state index contributed by atoms with van der Waals surface area (Å²) in [6, 6.07) is 7.38. The van der Waals surface area contributed by atoms with Gasteiger partial charge in [-0.15, -0.1) is 0 Å². The lowest BCUT2D eigenvalue weighted by Crippen LogP contribution is -2.44. The van der Waals surface area contributed by atoms with Crippen molar-refractivity contribution < 1.29 is 22.7 Å². The van der Waals surface area contributed by atoms with Gasteiger partial charge < -0.3 is 15.0 Å². The molecule has 0 saturated carbocycles. The number of alkyl halides is 3. The molecule has 5 rings (SSSR count). The molecule has 0 bridgehead atoms. The van der Waals surface area contributed by atoms with Crippen LogP contribution < -0.4 is 10.2 Å². The summed E-state index contributed by atoms with van der Waals surface area (Å²) in [6.45, 7) is 4.12. The summed E-state index contributed by atoms with van der Waals surface area (Å²) >= 11 is 6.36. The zero-order valence-corrected chi connectivity index (χ0v) is 19.9. The maximum absolute atomic E-state index is 13.4. The van der Waals surface area contributed by atoms with Crippen LogP contribution in [-0.4, -0.2) is 52.8 Å². The van der Waals surface area contributed by atoms with Gasteiger partial charge in [0, 0.05) is 30.6 Å². The first kappa shape index (κ1) is 23.9. The molecule has 35 heavy (non-hydrogen) atoms. The third-order valence-corrected chi connectivity index (χ3v) is 7.00. The van der Waals surface area contributed by atoms with Gasteiger partial charge in [-0.2, -0.15) is 13.2 Å². The SMILES string of the molecule is Cc1cc2nc(N3CCC(C(=O)NC4CCOC4)CC3)n(-c3cccc(C(F)(F)F)n3)c2cc1Cl. The van der Waals surface area contributed by atoms with Crippen molar-refractivity contribution in [3.05, 3.63) is 46.6 Å². The van der Waals surface area contributed by atoms with Crippen molar-refractivity contribution in [3.63, 3.8) is 0 Å². The number of imidazole rings is 1. The zero-order chi connectivity index (χ0) is 24.7. The van der Waals surface area contributed by atoms with Gasteiger partial charge in [-0.3, -0.25) is 9.36 Å². The maximum atomic E-state index is 13.4. The second kappa shape index (κ2) is 9.31. The molecule has 7 nitrogen and oxygen atoms in total. The molecule has 0 spiro atoms. The summed E-state index contributed by atoms with van der Waals surface area (Å²) in [4.78, 5) is 23.3. The summed E-state index contributed by atoms with van der Waals surface area (Å²) in [5.74, 6) is 0.485. The van der Waals surface area contributed by atoms with Crippen LogP contribution in [0.3, 0.4) is 0 Å². The minimum Gasteiger partial charge on any atom is -0.379 e. The highest BCUT2D eigenvalue weighted by atomic mass is 35.5. The van der Waals surface area contributed by atoms with E-state index >= 15 is 0 Å². The van der Waals surface area contributed by atoms with Gasteiger partial charge in [0.25, 0.3) is 0 Å². The number of aryl methyl sites for hydroxylation is 1. The number of pyridine rings is 1. The molecule has 2 aromatic heterocycles. The first-order valence-electron chi connectivity index (χ1n) is 11.6. The lowest BCUT2D eigenvalue weighted by atomic mass is 9.95. The molecule has 11 heteroatoms. The molecule has 3 aromatic rings. The first-order valence-corrected chi connectivity index (χ1v) is 11.9. The van der Waals surface area contributed by atoms with Crippen LogP contribution in [-0.2, 0) is 15.7 Å². The number of halogens is 4. The number of nitrogens with one attached hydrogen (secondary N) is 1. The average molecular weight is 508 g/mol. The minimum absolute atomic E-state index is 0.0237. The summed E-state index contributed by atoms with van der Waals surface area (Å²) in [7, 11) is 0. The van der Waals surface area contributed by atoms with Crippen LogP contribution in [0.2, 0.25) is 5.02 Å². The van der Waals surface area contributed by atoms with Crippen LogP contribution in [0.25, 0.3) is 16.9 Å². The molecular weight excluding hydrogens is 483 g/mol. The molecule has 1 aromatic carbocycles. The van der Waals surface area contributed by atoms with Crippen molar-refractivity contribution in [1.82, 2.24) is 19.9 Å². The number of hydrogen-bond donors (Lipinski definition) is 1. The van der Waals surface area contributed by atoms with Crippen molar-refractivity contribution in [2.45, 2.75) is 38.4 Å². The Kier molecular flexibility index (Phi) is 6.35. The molecule has 2 aliphatic heterocycles. The number of anilines is 1. The van der Waals surface area contributed by atoms with Gasteiger partial charge in [0.1, 0.15) is 11.5 Å². The molecule has 186 valence electrons. The van der Waals surface area contributed by atoms with Crippen LogP contribution in [0.5, 0.6) is 0 Å². The van der Waals surface area contributed by atoms with Crippen LogP contribution in [0.15, 0.2) is 30.3 Å². The van der Waals surface area contributed by atoms with Crippen LogP contribution in [0, 0.1) is 12.8 Å². The van der Waals surface area contributed by atoms with E-state index in [1.165, 1.54) is 12.1 Å². The monoisotopic (exact) mass is 507 g/mol. The third kappa shape index (κ3) is 4.81. The van der Waals surface area contributed by atoms with Crippen LogP contribution >= 0.6 is 11.6 Å². The summed E-state index contributed by atoms with van der Waals surface area (Å²) in [5.41, 5.74) is 1.02. The van der Waals surface area contributed by atoms with E-state index in [4.69, 9.17) is 21.3 Å². The van der Waals surface area contributed by atoms with Gasteiger partial charge in [-0.05, 0) is 56.0 Å². The molecule has 1 N–H and O–H groups in total. The molecule has 1 atom stereocenters. The zero-order valence-electron chi connectivity index (χ0n) is 19.1. The summed E-state index contributed by atoms with van der Waals surface area (Å²) in [6.07, 6.45) is -2.53. The normalized spacial score (nSPS) is 19.5. The van der Waals surface area contributed by atoms with Gasteiger partial charge in [-0.25, -0.2) is 9.97 Å². The highest BCUT2D eigenvalue weighted by Crippen LogP contribution is 2.34. The highest BCUT2D eigenvalue weighted by Gasteiger charge is 2.34. The number of carbonyl (C=O) groups is 1. The fourth-order valence-corrected chi connectivity index (χ4v) is 4.80. The van der Waals surface area contributed by atoms with E-state index in [1.807, 2.05) is 17.9 Å². The lowest BCUT2D eigenvalue weighted by molar-refractivity contribution is -0.141. The largest absolute Gasteiger partial charge is 0.433 e. The van der Waals surface area contributed by atoms with Gasteiger partial charge in [0.2, 0.25) is 11.9 Å². The van der Waals surface area contributed by atoms with E-state index in [9.17, 15) is 18.0 Å². The molecular formula is C24H25ClF3N5O2. The van der Waals surface area contributed by atoms with E-state index in [0.717, 1.165) is 18.1 Å². The fourth-order valence-electron chi connectivity index (χ4n) is 4.64. The lowest BCUT2D eigenvalue weighted by Gasteiger charge is -2.32. The number of nitrogens with zero attached hydrogens (tertiary/aromatic N) is 4. The maximum Gasteiger partial charge on any atom is 0.433 e. The number of amides is 1. The Labute approximate surface area is 205 Å². The molecule has 0 aliphatic carbocycles. The number of ether oxygens (including phenoxy) is 1. The quantitative estimate of drug-likeness (QED) is 0.562. The van der Waals surface area contributed by atoms with Crippen molar-refractivity contribution >= 4 is 34.5 Å². The van der Waals surface area contributed by atoms with Gasteiger partial charge in [-0.1, -0.05) is 17.7 Å². The van der Waals surface area contributed by atoms with E-state index in [1.54, 1.807) is 10.6 Å². The molecule has 1 unspecified atom stereocenters. The third-order valence-electron chi connectivity index (χ3n) is 6.60. The van der Waals surface area contributed by atoms with Crippen molar-refractivity contribution in [2.75, 3.05) is 31.2 Å². The Balaban J connectivity index is 1.46. The molecule has 2 aliphatic rings. The molecule has 2 fully saturated rings. The molecule has 2 saturated heterocycles. The van der Waals surface area contributed by atoms with Crippen molar-refractivity contribution in [3.8, 4) is 5.82 Å². The Morgan fingerprint density at radius 3 is 2.63 bits per heavy atom. The standard InChI is InChI=1S/C24H25ClF3N5O2/c1-14-11-18-19(12-17(14)25)33(21-4-2-3-20(31-21)24(26,27)28)23(30-18)32-8-5-15(6-9-32)22(34)29-16-7-10-35-13-16/h2-4,11-12,15-16H,5-10,13H2,1H3,(H,29,34). The number of benzene rings is 1. The van der Waals surface area contributed by atoms with Crippen LogP contribution in [0.1, 0.15) is 30.5 Å². The number of fused-ring (bicyclic) bond motifs is 1. The first-order chi connectivity index (χ1) is 16.7. The van der Waals surface area contributed by atoms with Crippen LogP contribution in [0.4, 0.5) is 19.1 Å². The molecule has 4 heterocycles. The number of hydrogen-bond acceptors (Lipinski definition) is 5. The minimum atomic E-state index is -4.57. The predicted molar refractivity (Wildman–Crippen MR) is 126 cm³/mol. The molecule has 0 radical (unpaired) electrons. The van der Waals surface area contributed by atoms with E-state index in [0.29, 0.717) is 61.1 Å². The second-order valence-electron chi connectivity index (χ2n) is 9.05. The number of piperidine rings is 1. The smallest absolute Gasteiger partial charge is 0.379 e. The number of aromatic nitrogens is 3. The van der Waals surface area contributed by atoms with E-state index in [-0.39, 0.29) is 23.7 Å². The predicted octanol–water partition coefficient (Wildman–Crippen LogP) is 4.52. The average Bonchev–Trinajstić information content (AvgIpc) is 3.47. The molecule has 1 amide bonds. The Morgan fingerprint density at radius 2 is 1.94 bits per heavy atom. The van der Waals surface area contributed by atoms with E-state index < -0.39 is 11.9 Å². The number of carbonyl (C=O) groups excluding carboxylic acids is 1. The van der Waals surface area contributed by atoms with Crippen molar-refractivity contribution in [1.29, 1.82) is 0 Å². The van der Waals surface area contributed by atoms with Gasteiger partial charge >= 0.3 is 6.18 Å². The Morgan fingerprint density at radius 1 is 1.17 bits per heavy atom. The van der Waals surface area contributed by atoms with E-state index in [2.05, 4.69) is 10.3 Å². The Hall–Kier alpha value is -2.85. The summed E-state index contributed by atoms with van der Waals surface area (Å²) < 4.78 is 47.1. The summed E-state index contributed by atoms with van der Waals surface area (Å²) in [5, 5.41) is 3.55. The van der Waals surface area contributed by atoms with Gasteiger partial charge in [0.15, 0.2) is 0 Å². The van der Waals surface area contributed by atoms with Gasteiger partial charge in [0.05, 0.1) is 23.7 Å². The highest BCUT2D eigenvalue weighted by molar-refractivity contribution is 6.32. The Bertz CT molecular complexity index is 1250. The fraction of sp³-hybridized carbons (Fsp3) is 0.458.